The number of furan rings is 1. The maximum atomic E-state index is 12.8. The van der Waals surface area contributed by atoms with Crippen molar-refractivity contribution >= 4 is 21.6 Å². The van der Waals surface area contributed by atoms with Gasteiger partial charge in [0.15, 0.2) is 5.76 Å². The normalized spacial score (nSPS) is 14.5. The summed E-state index contributed by atoms with van der Waals surface area (Å²) in [6.07, 6.45) is 1.80. The molecule has 0 atom stereocenters. The molecule has 6 nitrogen and oxygen atoms in total. The summed E-state index contributed by atoms with van der Waals surface area (Å²) in [5, 5.41) is -0.258. The van der Waals surface area contributed by atoms with Gasteiger partial charge in [0, 0.05) is 12.2 Å². The van der Waals surface area contributed by atoms with Gasteiger partial charge in [-0.3, -0.25) is 4.79 Å². The van der Waals surface area contributed by atoms with E-state index in [2.05, 4.69) is 10.8 Å². The number of nitrogens with one attached hydrogen (secondary N) is 1. The maximum Gasteiger partial charge on any atom is 0.294 e. The molecule has 1 aliphatic heterocycles. The zero-order valence-corrected chi connectivity index (χ0v) is 14.7. The van der Waals surface area contributed by atoms with Crippen molar-refractivity contribution < 1.29 is 17.6 Å². The fourth-order valence-electron chi connectivity index (χ4n) is 3.10. The Morgan fingerprint density at radius 3 is 2.71 bits per heavy atom. The van der Waals surface area contributed by atoms with Crippen molar-refractivity contribution in [3.05, 3.63) is 46.7 Å². The van der Waals surface area contributed by atoms with Gasteiger partial charge >= 0.3 is 0 Å². The molecule has 128 valence electrons. The van der Waals surface area contributed by atoms with Gasteiger partial charge in [0.2, 0.25) is 5.09 Å². The zero-order valence-electron chi connectivity index (χ0n) is 13.9. The molecule has 3 rings (SSSR count). The lowest BCUT2D eigenvalue weighted by Crippen LogP contribution is -2.35. The Bertz CT molecular complexity index is 899. The molecule has 0 radical (unpaired) electrons. The number of benzene rings is 1. The molecule has 0 unspecified atom stereocenters. The highest BCUT2D eigenvalue weighted by atomic mass is 32.2. The maximum absolute atomic E-state index is 12.8. The van der Waals surface area contributed by atoms with Crippen LogP contribution in [0.15, 0.2) is 33.8 Å². The van der Waals surface area contributed by atoms with Gasteiger partial charge in [0.05, 0.1) is 0 Å². The monoisotopic (exact) mass is 348 g/mol. The third-order valence-electron chi connectivity index (χ3n) is 4.26. The molecule has 1 aromatic carbocycles. The third kappa shape index (κ3) is 2.85. The molecule has 0 fully saturated rings. The summed E-state index contributed by atoms with van der Waals surface area (Å²) in [5.74, 6) is -0.297. The van der Waals surface area contributed by atoms with E-state index in [0.717, 1.165) is 29.7 Å². The van der Waals surface area contributed by atoms with E-state index in [0.29, 0.717) is 6.54 Å². The van der Waals surface area contributed by atoms with E-state index in [4.69, 9.17) is 4.42 Å². The van der Waals surface area contributed by atoms with Crippen molar-refractivity contribution in [2.24, 2.45) is 0 Å². The molecule has 1 aliphatic rings. The van der Waals surface area contributed by atoms with Crippen LogP contribution in [0.4, 0.5) is 5.69 Å². The average molecular weight is 348 g/mol. The number of sulfonamides is 1. The summed E-state index contributed by atoms with van der Waals surface area (Å²) in [6, 6.07) is 6.81. The standard InChI is InChI=1S/C17H20N2O4S/c1-11-9-12(2)13-5-4-8-19(14(13)10-11)17(20)15-6-7-16(23-15)24(21,22)18-3/h6-7,9-10,18H,4-5,8H2,1-3H3. The van der Waals surface area contributed by atoms with Crippen LogP contribution in [0.1, 0.15) is 33.7 Å². The second-order valence-corrected chi connectivity index (χ2v) is 7.78. The minimum absolute atomic E-state index is 0.0239. The summed E-state index contributed by atoms with van der Waals surface area (Å²) in [5.41, 5.74) is 4.30. The van der Waals surface area contributed by atoms with Crippen LogP contribution in [0.25, 0.3) is 0 Å². The van der Waals surface area contributed by atoms with Gasteiger partial charge in [-0.1, -0.05) is 6.07 Å². The molecule has 0 saturated carbocycles. The summed E-state index contributed by atoms with van der Waals surface area (Å²) < 4.78 is 31.0. The van der Waals surface area contributed by atoms with E-state index in [1.165, 1.54) is 24.7 Å². The highest BCUT2D eigenvalue weighted by Crippen LogP contribution is 2.32. The van der Waals surface area contributed by atoms with Gasteiger partial charge in [0.1, 0.15) is 0 Å². The zero-order chi connectivity index (χ0) is 17.5. The lowest BCUT2D eigenvalue weighted by Gasteiger charge is -2.30. The van der Waals surface area contributed by atoms with E-state index in [-0.39, 0.29) is 16.8 Å². The Balaban J connectivity index is 1.99. The number of carbonyl (C=O) groups is 1. The summed E-state index contributed by atoms with van der Waals surface area (Å²) >= 11 is 0. The van der Waals surface area contributed by atoms with Crippen LogP contribution < -0.4 is 9.62 Å². The van der Waals surface area contributed by atoms with Crippen LogP contribution in [-0.4, -0.2) is 27.9 Å². The quantitative estimate of drug-likeness (QED) is 0.924. The Kier molecular flexibility index (Phi) is 4.23. The van der Waals surface area contributed by atoms with Crippen molar-refractivity contribution in [3.8, 4) is 0 Å². The van der Waals surface area contributed by atoms with Gasteiger partial charge in [-0.2, -0.15) is 0 Å². The molecule has 1 amide bonds. The predicted octanol–water partition coefficient (Wildman–Crippen LogP) is 2.40. The molecule has 0 aliphatic carbocycles. The molecule has 1 aromatic heterocycles. The molecule has 24 heavy (non-hydrogen) atoms. The topological polar surface area (TPSA) is 79.6 Å². The Morgan fingerprint density at radius 1 is 1.25 bits per heavy atom. The van der Waals surface area contributed by atoms with Gasteiger partial charge in [0.25, 0.3) is 15.9 Å². The largest absolute Gasteiger partial charge is 0.438 e. The summed E-state index contributed by atoms with van der Waals surface area (Å²) in [6.45, 7) is 4.63. The summed E-state index contributed by atoms with van der Waals surface area (Å²) in [7, 11) is -2.41. The Labute approximate surface area is 141 Å². The van der Waals surface area contributed by atoms with Gasteiger partial charge in [-0.15, -0.1) is 0 Å². The minimum atomic E-state index is -3.70. The molecule has 7 heteroatoms. The highest BCUT2D eigenvalue weighted by molar-refractivity contribution is 7.89. The van der Waals surface area contributed by atoms with Crippen molar-refractivity contribution in [1.82, 2.24) is 4.72 Å². The number of anilines is 1. The number of aryl methyl sites for hydroxylation is 2. The van der Waals surface area contributed by atoms with E-state index in [1.54, 1.807) is 4.90 Å². The second kappa shape index (κ2) is 6.07. The number of hydrogen-bond donors (Lipinski definition) is 1. The van der Waals surface area contributed by atoms with Crippen LogP contribution in [0.2, 0.25) is 0 Å². The van der Waals surface area contributed by atoms with Gasteiger partial charge in [-0.25, -0.2) is 13.1 Å². The van der Waals surface area contributed by atoms with Crippen LogP contribution in [-0.2, 0) is 16.4 Å². The Morgan fingerprint density at radius 2 is 2.00 bits per heavy atom. The first-order valence-corrected chi connectivity index (χ1v) is 9.27. The predicted molar refractivity (Wildman–Crippen MR) is 90.9 cm³/mol. The average Bonchev–Trinajstić information content (AvgIpc) is 3.04. The fraction of sp³-hybridized carbons (Fsp3) is 0.353. The highest BCUT2D eigenvalue weighted by Gasteiger charge is 2.28. The molecule has 0 bridgehead atoms. The van der Waals surface area contributed by atoms with Crippen LogP contribution in [0.5, 0.6) is 0 Å². The molecule has 0 saturated heterocycles. The number of nitrogens with zero attached hydrogens (tertiary/aromatic N) is 1. The van der Waals surface area contributed by atoms with Gasteiger partial charge < -0.3 is 9.32 Å². The molecule has 2 aromatic rings. The summed E-state index contributed by atoms with van der Waals surface area (Å²) in [4.78, 5) is 14.5. The van der Waals surface area contributed by atoms with Crippen molar-refractivity contribution in [3.63, 3.8) is 0 Å². The van der Waals surface area contributed by atoms with Crippen LogP contribution in [0.3, 0.4) is 0 Å². The molecular weight excluding hydrogens is 328 g/mol. The lowest BCUT2D eigenvalue weighted by molar-refractivity contribution is 0.0953. The molecule has 1 N–H and O–H groups in total. The first-order chi connectivity index (χ1) is 11.3. The number of rotatable bonds is 3. The van der Waals surface area contributed by atoms with E-state index in [1.807, 2.05) is 19.9 Å². The van der Waals surface area contributed by atoms with Gasteiger partial charge in [-0.05, 0) is 68.6 Å². The molecular formula is C17H20N2O4S. The van der Waals surface area contributed by atoms with E-state index < -0.39 is 10.0 Å². The van der Waals surface area contributed by atoms with E-state index >= 15 is 0 Å². The minimum Gasteiger partial charge on any atom is -0.438 e. The van der Waals surface area contributed by atoms with Crippen molar-refractivity contribution in [1.29, 1.82) is 0 Å². The molecule has 0 spiro atoms. The van der Waals surface area contributed by atoms with Crippen LogP contribution >= 0.6 is 0 Å². The lowest BCUT2D eigenvalue weighted by atomic mass is 9.95. The first kappa shape index (κ1) is 16.7. The third-order valence-corrected chi connectivity index (χ3v) is 5.55. The number of carbonyl (C=O) groups excluding carboxylic acids is 1. The Hall–Kier alpha value is -2.12. The first-order valence-electron chi connectivity index (χ1n) is 7.79. The smallest absolute Gasteiger partial charge is 0.294 e. The number of amides is 1. The fourth-order valence-corrected chi connectivity index (χ4v) is 3.75. The SMILES string of the molecule is CNS(=O)(=O)c1ccc(C(=O)N2CCCc3c(C)cc(C)cc32)o1. The van der Waals surface area contributed by atoms with E-state index in [9.17, 15) is 13.2 Å². The number of hydrogen-bond acceptors (Lipinski definition) is 4. The number of fused-ring (bicyclic) bond motifs is 1. The van der Waals surface area contributed by atoms with Crippen molar-refractivity contribution in [2.45, 2.75) is 31.8 Å². The van der Waals surface area contributed by atoms with Crippen molar-refractivity contribution in [2.75, 3.05) is 18.5 Å². The second-order valence-electron chi connectivity index (χ2n) is 5.97. The molecule has 2 heterocycles. The van der Waals surface area contributed by atoms with Crippen LogP contribution in [0, 0.1) is 13.8 Å².